The molecule has 122 valence electrons. The van der Waals surface area contributed by atoms with E-state index < -0.39 is 5.54 Å². The Hall–Kier alpha value is -2.44. The van der Waals surface area contributed by atoms with Crippen LogP contribution in [0.1, 0.15) is 53.1 Å². The highest BCUT2D eigenvalue weighted by molar-refractivity contribution is 5.96. The lowest BCUT2D eigenvalue weighted by atomic mass is 9.96. The number of anilines is 1. The molecular weight excluding hydrogens is 294 g/mol. The standard InChI is InChI=1S/C16H21N5O2/c1-9-8-12(17)19-15(18-9)16(4)6-5-7-21(16)14(22)13-10(2)20-23-11(13)3/h8H,5-7H2,1-4H3,(H2,17,18,19). The number of likely N-dealkylation sites (tertiary alicyclic amines) is 1. The number of carbonyl (C=O) groups is 1. The van der Waals surface area contributed by atoms with Gasteiger partial charge in [0.1, 0.15) is 22.7 Å². The average molecular weight is 315 g/mol. The van der Waals surface area contributed by atoms with Crippen molar-refractivity contribution in [2.24, 2.45) is 0 Å². The summed E-state index contributed by atoms with van der Waals surface area (Å²) >= 11 is 0. The van der Waals surface area contributed by atoms with Crippen LogP contribution in [0.2, 0.25) is 0 Å². The van der Waals surface area contributed by atoms with Crippen molar-refractivity contribution in [2.75, 3.05) is 12.3 Å². The quantitative estimate of drug-likeness (QED) is 0.911. The fourth-order valence-electron chi connectivity index (χ4n) is 3.28. The Labute approximate surface area is 134 Å². The summed E-state index contributed by atoms with van der Waals surface area (Å²) in [4.78, 5) is 23.8. The SMILES string of the molecule is Cc1cc(N)nc(C2(C)CCCN2C(=O)c2c(C)noc2C)n1. The van der Waals surface area contributed by atoms with E-state index in [4.69, 9.17) is 10.3 Å². The van der Waals surface area contributed by atoms with E-state index in [9.17, 15) is 4.79 Å². The molecule has 2 aromatic rings. The third-order valence-electron chi connectivity index (χ3n) is 4.49. The summed E-state index contributed by atoms with van der Waals surface area (Å²) in [6.45, 7) is 8.04. The molecule has 1 aliphatic rings. The Morgan fingerprint density at radius 1 is 1.35 bits per heavy atom. The van der Waals surface area contributed by atoms with Crippen LogP contribution in [0.15, 0.2) is 10.6 Å². The second kappa shape index (κ2) is 5.33. The van der Waals surface area contributed by atoms with Gasteiger partial charge in [0.15, 0.2) is 5.82 Å². The van der Waals surface area contributed by atoms with Crippen LogP contribution in [0.25, 0.3) is 0 Å². The second-order valence-corrected chi connectivity index (χ2v) is 6.29. The number of nitrogens with two attached hydrogens (primary N) is 1. The number of nitrogens with zero attached hydrogens (tertiary/aromatic N) is 4. The Bertz CT molecular complexity index is 730. The van der Waals surface area contributed by atoms with Gasteiger partial charge in [-0.25, -0.2) is 9.97 Å². The first-order valence-electron chi connectivity index (χ1n) is 7.69. The van der Waals surface area contributed by atoms with Crippen molar-refractivity contribution in [2.45, 2.75) is 46.1 Å². The van der Waals surface area contributed by atoms with Gasteiger partial charge in [0.05, 0.1) is 5.69 Å². The number of rotatable bonds is 2. The number of carbonyl (C=O) groups excluding carboxylic acids is 1. The maximum atomic E-state index is 13.0. The molecule has 7 heteroatoms. The second-order valence-electron chi connectivity index (χ2n) is 6.29. The molecule has 3 rings (SSSR count). The first-order valence-corrected chi connectivity index (χ1v) is 7.69. The fraction of sp³-hybridized carbons (Fsp3) is 0.500. The van der Waals surface area contributed by atoms with E-state index in [0.717, 1.165) is 18.5 Å². The number of nitrogen functional groups attached to an aromatic ring is 1. The van der Waals surface area contributed by atoms with Crippen molar-refractivity contribution in [1.82, 2.24) is 20.0 Å². The van der Waals surface area contributed by atoms with E-state index in [1.165, 1.54) is 0 Å². The molecule has 0 bridgehead atoms. The molecule has 0 radical (unpaired) electrons. The molecular formula is C16H21N5O2. The summed E-state index contributed by atoms with van der Waals surface area (Å²) in [5.74, 6) is 1.45. The summed E-state index contributed by atoms with van der Waals surface area (Å²) in [5.41, 5.74) is 7.22. The third kappa shape index (κ3) is 2.46. The van der Waals surface area contributed by atoms with Crippen LogP contribution in [0, 0.1) is 20.8 Å². The van der Waals surface area contributed by atoms with Crippen molar-refractivity contribution in [1.29, 1.82) is 0 Å². The van der Waals surface area contributed by atoms with Crippen LogP contribution < -0.4 is 5.73 Å². The number of aromatic nitrogens is 3. The minimum atomic E-state index is -0.576. The summed E-state index contributed by atoms with van der Waals surface area (Å²) in [6, 6.07) is 1.72. The van der Waals surface area contributed by atoms with Gasteiger partial charge in [0.25, 0.3) is 5.91 Å². The van der Waals surface area contributed by atoms with Crippen LogP contribution in [-0.2, 0) is 5.54 Å². The van der Waals surface area contributed by atoms with E-state index in [0.29, 0.717) is 35.2 Å². The minimum Gasteiger partial charge on any atom is -0.384 e. The van der Waals surface area contributed by atoms with Gasteiger partial charge in [-0.2, -0.15) is 0 Å². The van der Waals surface area contributed by atoms with Crippen LogP contribution in [0.3, 0.4) is 0 Å². The highest BCUT2D eigenvalue weighted by atomic mass is 16.5. The zero-order chi connectivity index (χ0) is 16.8. The van der Waals surface area contributed by atoms with Gasteiger partial charge in [-0.15, -0.1) is 0 Å². The molecule has 0 saturated carbocycles. The molecule has 1 aliphatic heterocycles. The zero-order valence-electron chi connectivity index (χ0n) is 13.9. The zero-order valence-corrected chi connectivity index (χ0v) is 13.9. The molecule has 1 amide bonds. The number of aryl methyl sites for hydroxylation is 3. The summed E-state index contributed by atoms with van der Waals surface area (Å²) in [5, 5.41) is 3.88. The van der Waals surface area contributed by atoms with E-state index in [-0.39, 0.29) is 5.91 Å². The number of hydrogen-bond donors (Lipinski definition) is 1. The lowest BCUT2D eigenvalue weighted by Gasteiger charge is -2.34. The Balaban J connectivity index is 2.04. The molecule has 2 aromatic heterocycles. The summed E-state index contributed by atoms with van der Waals surface area (Å²) < 4.78 is 5.14. The molecule has 1 atom stereocenters. The monoisotopic (exact) mass is 315 g/mol. The molecule has 1 fully saturated rings. The predicted octanol–water partition coefficient (Wildman–Crippen LogP) is 2.12. The van der Waals surface area contributed by atoms with Gasteiger partial charge in [-0.1, -0.05) is 5.16 Å². The summed E-state index contributed by atoms with van der Waals surface area (Å²) in [7, 11) is 0. The van der Waals surface area contributed by atoms with Crippen molar-refractivity contribution >= 4 is 11.7 Å². The Morgan fingerprint density at radius 3 is 2.70 bits per heavy atom. The van der Waals surface area contributed by atoms with Gasteiger partial charge in [-0.3, -0.25) is 4.79 Å². The van der Waals surface area contributed by atoms with E-state index in [1.807, 2.05) is 18.7 Å². The first kappa shape index (κ1) is 15.5. The summed E-state index contributed by atoms with van der Waals surface area (Å²) in [6.07, 6.45) is 1.69. The first-order chi connectivity index (χ1) is 10.8. The molecule has 0 aliphatic carbocycles. The van der Waals surface area contributed by atoms with Crippen molar-refractivity contribution < 1.29 is 9.32 Å². The van der Waals surface area contributed by atoms with Gasteiger partial charge in [0.2, 0.25) is 0 Å². The van der Waals surface area contributed by atoms with Crippen molar-refractivity contribution in [3.63, 3.8) is 0 Å². The molecule has 23 heavy (non-hydrogen) atoms. The fourth-order valence-corrected chi connectivity index (χ4v) is 3.28. The highest BCUT2D eigenvalue weighted by Gasteiger charge is 2.45. The van der Waals surface area contributed by atoms with E-state index in [1.54, 1.807) is 19.9 Å². The van der Waals surface area contributed by atoms with Crippen LogP contribution in [0.4, 0.5) is 5.82 Å². The van der Waals surface area contributed by atoms with Gasteiger partial charge >= 0.3 is 0 Å². The van der Waals surface area contributed by atoms with Gasteiger partial charge in [0, 0.05) is 18.3 Å². The van der Waals surface area contributed by atoms with Crippen LogP contribution >= 0.6 is 0 Å². The number of hydrogen-bond acceptors (Lipinski definition) is 6. The van der Waals surface area contributed by atoms with Crippen molar-refractivity contribution in [3.05, 3.63) is 34.6 Å². The Morgan fingerprint density at radius 2 is 2.09 bits per heavy atom. The lowest BCUT2D eigenvalue weighted by Crippen LogP contribution is -2.44. The topological polar surface area (TPSA) is 98.1 Å². The molecule has 3 heterocycles. The van der Waals surface area contributed by atoms with Gasteiger partial charge in [-0.05, 0) is 40.5 Å². The van der Waals surface area contributed by atoms with E-state index in [2.05, 4.69) is 15.1 Å². The normalized spacial score (nSPS) is 21.0. The minimum absolute atomic E-state index is 0.0927. The predicted molar refractivity (Wildman–Crippen MR) is 84.8 cm³/mol. The largest absolute Gasteiger partial charge is 0.384 e. The third-order valence-corrected chi connectivity index (χ3v) is 4.49. The van der Waals surface area contributed by atoms with Crippen LogP contribution in [-0.4, -0.2) is 32.5 Å². The molecule has 7 nitrogen and oxygen atoms in total. The molecule has 0 aromatic carbocycles. The molecule has 1 unspecified atom stereocenters. The number of amides is 1. The van der Waals surface area contributed by atoms with Gasteiger partial charge < -0.3 is 15.2 Å². The maximum Gasteiger partial charge on any atom is 0.260 e. The molecule has 1 saturated heterocycles. The maximum absolute atomic E-state index is 13.0. The Kier molecular flexibility index (Phi) is 3.58. The molecule has 2 N–H and O–H groups in total. The highest BCUT2D eigenvalue weighted by Crippen LogP contribution is 2.38. The molecule has 0 spiro atoms. The average Bonchev–Trinajstić information content (AvgIpc) is 3.02. The van der Waals surface area contributed by atoms with Crippen molar-refractivity contribution in [3.8, 4) is 0 Å². The lowest BCUT2D eigenvalue weighted by molar-refractivity contribution is 0.0601. The van der Waals surface area contributed by atoms with E-state index >= 15 is 0 Å². The van der Waals surface area contributed by atoms with Crippen LogP contribution in [0.5, 0.6) is 0 Å². The smallest absolute Gasteiger partial charge is 0.260 e.